The number of rotatable bonds is 4. The van der Waals surface area contributed by atoms with Crippen molar-refractivity contribution in [3.63, 3.8) is 0 Å². The summed E-state index contributed by atoms with van der Waals surface area (Å²) in [5.74, 6) is 0.520. The molecule has 0 aliphatic heterocycles. The Morgan fingerprint density at radius 1 is 1.18 bits per heavy atom. The molecule has 0 radical (unpaired) electrons. The maximum absolute atomic E-state index is 11.5. The predicted molar refractivity (Wildman–Crippen MR) is 71.5 cm³/mol. The summed E-state index contributed by atoms with van der Waals surface area (Å²) in [5.41, 5.74) is 0.943. The van der Waals surface area contributed by atoms with Gasteiger partial charge in [-0.3, -0.25) is 0 Å². The average molecular weight is 250 g/mol. The van der Waals surface area contributed by atoms with Crippen LogP contribution in [-0.2, 0) is 9.22 Å². The Morgan fingerprint density at radius 3 is 2.24 bits per heavy atom. The zero-order chi connectivity index (χ0) is 12.9. The molecule has 0 atom stereocenters. The highest BCUT2D eigenvalue weighted by Gasteiger charge is 2.17. The van der Waals surface area contributed by atoms with Gasteiger partial charge in [-0.05, 0) is 43.4 Å². The standard InChI is InChI=1S/C13H18O3Si/c1-15-12-8-5-11(6-9-12)7-10-13(14)16-17(2,3)4/h5-10H,1-4H3/b10-7+. The van der Waals surface area contributed by atoms with E-state index in [0.29, 0.717) is 0 Å². The lowest BCUT2D eigenvalue weighted by Gasteiger charge is -2.15. The first-order chi connectivity index (χ1) is 7.90. The Morgan fingerprint density at radius 2 is 1.76 bits per heavy atom. The van der Waals surface area contributed by atoms with Crippen LogP contribution >= 0.6 is 0 Å². The molecule has 1 rings (SSSR count). The van der Waals surface area contributed by atoms with Crippen LogP contribution in [0.1, 0.15) is 5.56 Å². The fourth-order valence-electron chi connectivity index (χ4n) is 1.22. The molecule has 0 unspecified atom stereocenters. The number of methoxy groups -OCH3 is 1. The van der Waals surface area contributed by atoms with E-state index in [1.165, 1.54) is 6.08 Å². The van der Waals surface area contributed by atoms with Gasteiger partial charge in [0.1, 0.15) is 5.75 Å². The van der Waals surface area contributed by atoms with Crippen molar-refractivity contribution in [3.8, 4) is 5.75 Å². The molecule has 1 aromatic rings. The molecular formula is C13H18O3Si. The minimum absolute atomic E-state index is 0.278. The SMILES string of the molecule is COc1ccc(/C=C/C(=O)O[Si](C)(C)C)cc1. The van der Waals surface area contributed by atoms with E-state index in [2.05, 4.69) is 0 Å². The van der Waals surface area contributed by atoms with E-state index in [1.807, 2.05) is 43.9 Å². The van der Waals surface area contributed by atoms with E-state index in [1.54, 1.807) is 13.2 Å². The summed E-state index contributed by atoms with van der Waals surface area (Å²) < 4.78 is 10.3. The van der Waals surface area contributed by atoms with Crippen LogP contribution in [0.2, 0.25) is 19.6 Å². The third-order valence-corrected chi connectivity index (χ3v) is 2.75. The Bertz CT molecular complexity index is 402. The summed E-state index contributed by atoms with van der Waals surface area (Å²) in [7, 11) is -0.173. The van der Waals surface area contributed by atoms with Crippen molar-refractivity contribution in [1.29, 1.82) is 0 Å². The molecule has 92 valence electrons. The molecular weight excluding hydrogens is 232 g/mol. The van der Waals surface area contributed by atoms with Crippen molar-refractivity contribution in [1.82, 2.24) is 0 Å². The van der Waals surface area contributed by atoms with Crippen molar-refractivity contribution in [2.24, 2.45) is 0 Å². The number of carbonyl (C=O) groups excluding carboxylic acids is 1. The number of benzene rings is 1. The largest absolute Gasteiger partial charge is 0.517 e. The van der Waals surface area contributed by atoms with Crippen LogP contribution in [0.15, 0.2) is 30.3 Å². The molecule has 0 aromatic heterocycles. The first-order valence-corrected chi connectivity index (χ1v) is 8.87. The minimum Gasteiger partial charge on any atom is -0.517 e. The quantitative estimate of drug-likeness (QED) is 0.608. The first kappa shape index (κ1) is 13.5. The van der Waals surface area contributed by atoms with Gasteiger partial charge in [-0.25, -0.2) is 4.79 Å². The van der Waals surface area contributed by atoms with Crippen LogP contribution in [0.3, 0.4) is 0 Å². The maximum atomic E-state index is 11.5. The Balaban J connectivity index is 2.61. The van der Waals surface area contributed by atoms with Gasteiger partial charge in [0.05, 0.1) is 7.11 Å². The normalized spacial score (nSPS) is 11.5. The molecule has 3 nitrogen and oxygen atoms in total. The van der Waals surface area contributed by atoms with Gasteiger partial charge in [-0.2, -0.15) is 0 Å². The molecule has 0 aliphatic carbocycles. The van der Waals surface area contributed by atoms with Gasteiger partial charge in [0.15, 0.2) is 0 Å². The van der Waals surface area contributed by atoms with E-state index in [9.17, 15) is 4.79 Å². The lowest BCUT2D eigenvalue weighted by Crippen LogP contribution is -2.28. The van der Waals surface area contributed by atoms with Crippen LogP contribution in [0.25, 0.3) is 6.08 Å². The molecule has 0 aliphatic rings. The van der Waals surface area contributed by atoms with Crippen molar-refractivity contribution < 1.29 is 14.0 Å². The Kier molecular flexibility index (Phi) is 4.51. The van der Waals surface area contributed by atoms with Gasteiger partial charge in [0.25, 0.3) is 0 Å². The molecule has 0 saturated heterocycles. The number of hydrogen-bond donors (Lipinski definition) is 0. The van der Waals surface area contributed by atoms with Crippen LogP contribution in [0.4, 0.5) is 0 Å². The van der Waals surface area contributed by atoms with E-state index in [-0.39, 0.29) is 5.97 Å². The molecule has 0 amide bonds. The molecule has 0 heterocycles. The van der Waals surface area contributed by atoms with Gasteiger partial charge >= 0.3 is 5.97 Å². The summed E-state index contributed by atoms with van der Waals surface area (Å²) in [5, 5.41) is 0. The molecule has 1 aromatic carbocycles. The van der Waals surface area contributed by atoms with Crippen LogP contribution in [-0.4, -0.2) is 21.4 Å². The molecule has 17 heavy (non-hydrogen) atoms. The van der Waals surface area contributed by atoms with Gasteiger partial charge in [-0.15, -0.1) is 0 Å². The van der Waals surface area contributed by atoms with E-state index in [4.69, 9.17) is 9.16 Å². The molecule has 4 heteroatoms. The summed E-state index contributed by atoms with van der Waals surface area (Å²) >= 11 is 0. The zero-order valence-corrected chi connectivity index (χ0v) is 11.7. The smallest absolute Gasteiger partial charge is 0.317 e. The zero-order valence-electron chi connectivity index (χ0n) is 10.7. The molecule has 0 N–H and O–H groups in total. The predicted octanol–water partition coefficient (Wildman–Crippen LogP) is 3.09. The second-order valence-electron chi connectivity index (χ2n) is 4.64. The summed E-state index contributed by atoms with van der Waals surface area (Å²) in [6, 6.07) is 7.47. The average Bonchev–Trinajstić information content (AvgIpc) is 2.25. The minimum atomic E-state index is -1.79. The summed E-state index contributed by atoms with van der Waals surface area (Å²) in [6.45, 7) is 5.93. The number of carbonyl (C=O) groups is 1. The highest BCUT2D eigenvalue weighted by atomic mass is 28.4. The van der Waals surface area contributed by atoms with E-state index < -0.39 is 8.32 Å². The highest BCUT2D eigenvalue weighted by molar-refractivity contribution is 6.71. The number of ether oxygens (including phenoxy) is 1. The topological polar surface area (TPSA) is 35.5 Å². The summed E-state index contributed by atoms with van der Waals surface area (Å²) in [6.07, 6.45) is 3.20. The maximum Gasteiger partial charge on any atom is 0.317 e. The van der Waals surface area contributed by atoms with Crippen LogP contribution < -0.4 is 4.74 Å². The van der Waals surface area contributed by atoms with Crippen molar-refractivity contribution >= 4 is 20.4 Å². The molecule has 0 bridgehead atoms. The van der Waals surface area contributed by atoms with E-state index >= 15 is 0 Å². The third-order valence-electron chi connectivity index (χ3n) is 1.93. The van der Waals surface area contributed by atoms with Crippen LogP contribution in [0.5, 0.6) is 5.75 Å². The van der Waals surface area contributed by atoms with Gasteiger partial charge < -0.3 is 9.16 Å². The molecule has 0 spiro atoms. The van der Waals surface area contributed by atoms with Crippen molar-refractivity contribution in [3.05, 3.63) is 35.9 Å². The lowest BCUT2D eigenvalue weighted by atomic mass is 10.2. The highest BCUT2D eigenvalue weighted by Crippen LogP contribution is 2.12. The van der Waals surface area contributed by atoms with Gasteiger partial charge in [-0.1, -0.05) is 12.1 Å². The fourth-order valence-corrected chi connectivity index (χ4v) is 1.89. The van der Waals surface area contributed by atoms with Gasteiger partial charge in [0, 0.05) is 6.08 Å². The second kappa shape index (κ2) is 5.68. The third kappa shape index (κ3) is 5.35. The Labute approximate surface area is 103 Å². The Hall–Kier alpha value is -1.55. The van der Waals surface area contributed by atoms with Crippen molar-refractivity contribution in [2.75, 3.05) is 7.11 Å². The second-order valence-corrected chi connectivity index (χ2v) is 9.07. The van der Waals surface area contributed by atoms with Gasteiger partial charge in [0.2, 0.25) is 8.32 Å². The number of hydrogen-bond acceptors (Lipinski definition) is 3. The van der Waals surface area contributed by atoms with Crippen LogP contribution in [0, 0.1) is 0 Å². The lowest BCUT2D eigenvalue weighted by molar-refractivity contribution is -0.129. The fraction of sp³-hybridized carbons (Fsp3) is 0.308. The summed E-state index contributed by atoms with van der Waals surface area (Å²) in [4.78, 5) is 11.5. The molecule has 0 fully saturated rings. The first-order valence-electron chi connectivity index (χ1n) is 5.46. The molecule has 0 saturated carbocycles. The monoisotopic (exact) mass is 250 g/mol. The van der Waals surface area contributed by atoms with E-state index in [0.717, 1.165) is 11.3 Å². The van der Waals surface area contributed by atoms with Crippen molar-refractivity contribution in [2.45, 2.75) is 19.6 Å².